The van der Waals surface area contributed by atoms with E-state index in [4.69, 9.17) is 4.74 Å². The van der Waals surface area contributed by atoms with E-state index in [2.05, 4.69) is 35.6 Å². The molecule has 1 aliphatic carbocycles. The summed E-state index contributed by atoms with van der Waals surface area (Å²) in [4.78, 5) is 32.0. The van der Waals surface area contributed by atoms with Gasteiger partial charge in [0.15, 0.2) is 0 Å². The number of ether oxygens (including phenoxy) is 1. The van der Waals surface area contributed by atoms with Crippen molar-refractivity contribution in [2.75, 3.05) is 0 Å². The molecule has 0 heterocycles. The van der Waals surface area contributed by atoms with Gasteiger partial charge in [-0.05, 0) is 48.8 Å². The summed E-state index contributed by atoms with van der Waals surface area (Å²) in [5.41, 5.74) is 1.41. The molecule has 0 N–H and O–H groups in total. The third-order valence-corrected chi connectivity index (χ3v) is 4.18. The van der Waals surface area contributed by atoms with E-state index < -0.39 is 12.1 Å². The Labute approximate surface area is 141 Å². The van der Waals surface area contributed by atoms with Crippen LogP contribution in [-0.2, 0) is 19.6 Å². The molecule has 1 aromatic carbocycles. The molecule has 1 aliphatic rings. The molecular weight excluding hydrogens is 312 g/mol. The lowest BCUT2D eigenvalue weighted by molar-refractivity contribution is -0.453. The summed E-state index contributed by atoms with van der Waals surface area (Å²) in [6.45, 7) is 6.23. The molecular formula is C18H24O6. The fourth-order valence-corrected chi connectivity index (χ4v) is 2.77. The average molecular weight is 336 g/mol. The first-order valence-corrected chi connectivity index (χ1v) is 8.31. The predicted octanol–water partition coefficient (Wildman–Crippen LogP) is 4.55. The molecule has 2 atom stereocenters. The molecule has 0 amide bonds. The van der Waals surface area contributed by atoms with Crippen LogP contribution in [0.4, 0.5) is 4.79 Å². The van der Waals surface area contributed by atoms with Crippen LogP contribution in [0.1, 0.15) is 68.3 Å². The molecule has 0 radical (unpaired) electrons. The van der Waals surface area contributed by atoms with Crippen LogP contribution in [0.25, 0.3) is 0 Å². The van der Waals surface area contributed by atoms with Gasteiger partial charge in [-0.15, -0.1) is 0 Å². The summed E-state index contributed by atoms with van der Waals surface area (Å²) in [5, 5.41) is 4.23. The monoisotopic (exact) mass is 336 g/mol. The number of rotatable bonds is 5. The minimum absolute atomic E-state index is 0.177. The highest BCUT2D eigenvalue weighted by atomic mass is 17.5. The molecule has 0 saturated heterocycles. The maximum absolute atomic E-state index is 11.8. The third kappa shape index (κ3) is 5.53. The van der Waals surface area contributed by atoms with Crippen molar-refractivity contribution in [1.82, 2.24) is 0 Å². The maximum Gasteiger partial charge on any atom is 0.543 e. The molecule has 1 aromatic rings. The fourth-order valence-electron chi connectivity index (χ4n) is 2.77. The Hall–Kier alpha value is -2.08. The van der Waals surface area contributed by atoms with E-state index in [1.165, 1.54) is 0 Å². The van der Waals surface area contributed by atoms with Gasteiger partial charge in [-0.2, -0.15) is 0 Å². The van der Waals surface area contributed by atoms with Crippen LogP contribution < -0.4 is 0 Å². The normalized spacial score (nSPS) is 20.5. The van der Waals surface area contributed by atoms with Gasteiger partial charge in [0.25, 0.3) is 0 Å². The van der Waals surface area contributed by atoms with E-state index in [9.17, 15) is 9.59 Å². The van der Waals surface area contributed by atoms with Crippen molar-refractivity contribution in [1.29, 1.82) is 0 Å². The molecule has 0 aliphatic heterocycles. The molecule has 2 unspecified atom stereocenters. The second-order valence-corrected chi connectivity index (χ2v) is 6.56. The van der Waals surface area contributed by atoms with Crippen LogP contribution in [0.15, 0.2) is 24.3 Å². The van der Waals surface area contributed by atoms with E-state index in [1.54, 1.807) is 12.1 Å². The van der Waals surface area contributed by atoms with E-state index in [-0.39, 0.29) is 6.10 Å². The quantitative estimate of drug-likeness (QED) is 0.446. The fraction of sp³-hybridized carbons (Fsp3) is 0.556. The summed E-state index contributed by atoms with van der Waals surface area (Å²) in [5.74, 6) is 0.139. The Morgan fingerprint density at radius 1 is 1.08 bits per heavy atom. The Morgan fingerprint density at radius 2 is 1.79 bits per heavy atom. The second-order valence-electron chi connectivity index (χ2n) is 6.56. The number of carbonyl (C=O) groups is 2. The lowest BCUT2D eigenvalue weighted by Gasteiger charge is -2.25. The minimum atomic E-state index is -1.00. The van der Waals surface area contributed by atoms with Gasteiger partial charge in [0, 0.05) is 0 Å². The van der Waals surface area contributed by atoms with Crippen molar-refractivity contribution in [3.8, 4) is 0 Å². The summed E-state index contributed by atoms with van der Waals surface area (Å²) < 4.78 is 5.11. The highest BCUT2D eigenvalue weighted by Gasteiger charge is 2.23. The lowest BCUT2D eigenvalue weighted by Crippen LogP contribution is -2.25. The second kappa shape index (κ2) is 8.68. The first-order chi connectivity index (χ1) is 11.5. The molecule has 6 heteroatoms. The van der Waals surface area contributed by atoms with E-state index in [0.29, 0.717) is 17.4 Å². The van der Waals surface area contributed by atoms with E-state index >= 15 is 0 Å². The number of benzene rings is 1. The Bertz CT molecular complexity index is 551. The zero-order valence-corrected chi connectivity index (χ0v) is 14.3. The van der Waals surface area contributed by atoms with Crippen molar-refractivity contribution < 1.29 is 29.1 Å². The smallest absolute Gasteiger partial charge is 0.429 e. The first kappa shape index (κ1) is 18.3. The van der Waals surface area contributed by atoms with Gasteiger partial charge in [0.2, 0.25) is 0 Å². The number of hydrogen-bond donors (Lipinski definition) is 0. The molecule has 1 saturated carbocycles. The van der Waals surface area contributed by atoms with Crippen LogP contribution in [-0.4, -0.2) is 18.2 Å². The van der Waals surface area contributed by atoms with Crippen LogP contribution in [0, 0.1) is 5.92 Å². The standard InChI is InChI=1S/C18H24O6/c1-12(2)14-7-9-15(10-8-14)17(19)22-24-23-18(20)21-16-6-4-5-13(3)11-16/h7-10,12-13,16H,4-6,11H2,1-3H3. The zero-order valence-electron chi connectivity index (χ0n) is 14.3. The topological polar surface area (TPSA) is 71.1 Å². The third-order valence-electron chi connectivity index (χ3n) is 4.18. The van der Waals surface area contributed by atoms with E-state index in [1.807, 2.05) is 12.1 Å². The predicted molar refractivity (Wildman–Crippen MR) is 86.0 cm³/mol. The molecule has 1 fully saturated rings. The first-order valence-electron chi connectivity index (χ1n) is 8.31. The highest BCUT2D eigenvalue weighted by molar-refractivity contribution is 5.88. The van der Waals surface area contributed by atoms with Gasteiger partial charge in [-0.25, -0.2) is 14.5 Å². The molecule has 6 nitrogen and oxygen atoms in total. The highest BCUT2D eigenvalue weighted by Crippen LogP contribution is 2.26. The molecule has 0 bridgehead atoms. The Balaban J connectivity index is 1.70. The maximum atomic E-state index is 11.8. The van der Waals surface area contributed by atoms with E-state index in [0.717, 1.165) is 31.2 Å². The largest absolute Gasteiger partial charge is 0.543 e. The molecule has 132 valence electrons. The van der Waals surface area contributed by atoms with Crippen LogP contribution in [0.2, 0.25) is 0 Å². The summed E-state index contributed by atoms with van der Waals surface area (Å²) in [6, 6.07) is 6.92. The van der Waals surface area contributed by atoms with Gasteiger partial charge in [-0.3, -0.25) is 4.89 Å². The van der Waals surface area contributed by atoms with Gasteiger partial charge in [-0.1, -0.05) is 39.3 Å². The average Bonchev–Trinajstić information content (AvgIpc) is 2.54. The van der Waals surface area contributed by atoms with Crippen LogP contribution >= 0.6 is 0 Å². The van der Waals surface area contributed by atoms with Crippen molar-refractivity contribution in [3.05, 3.63) is 35.4 Å². The molecule has 2 rings (SSSR count). The van der Waals surface area contributed by atoms with Gasteiger partial charge >= 0.3 is 12.1 Å². The zero-order chi connectivity index (χ0) is 17.5. The SMILES string of the molecule is CC1CCCC(OC(=O)OOOC(=O)c2ccc(C(C)C)cc2)C1. The summed E-state index contributed by atoms with van der Waals surface area (Å²) >= 11 is 0. The molecule has 24 heavy (non-hydrogen) atoms. The van der Waals surface area contributed by atoms with Crippen LogP contribution in [0.3, 0.4) is 0 Å². The number of hydrogen-bond acceptors (Lipinski definition) is 6. The lowest BCUT2D eigenvalue weighted by atomic mass is 9.89. The Morgan fingerprint density at radius 3 is 2.42 bits per heavy atom. The minimum Gasteiger partial charge on any atom is -0.429 e. The van der Waals surface area contributed by atoms with Crippen molar-refractivity contribution >= 4 is 12.1 Å². The van der Waals surface area contributed by atoms with Crippen LogP contribution in [0.5, 0.6) is 0 Å². The van der Waals surface area contributed by atoms with Gasteiger partial charge in [0.05, 0.1) is 10.6 Å². The van der Waals surface area contributed by atoms with Crippen molar-refractivity contribution in [2.24, 2.45) is 5.92 Å². The van der Waals surface area contributed by atoms with Gasteiger partial charge in [0.1, 0.15) is 6.10 Å². The number of carbonyl (C=O) groups excluding carboxylic acids is 2. The molecule has 0 aromatic heterocycles. The van der Waals surface area contributed by atoms with Crippen molar-refractivity contribution in [3.63, 3.8) is 0 Å². The summed E-state index contributed by atoms with van der Waals surface area (Å²) in [7, 11) is 0. The summed E-state index contributed by atoms with van der Waals surface area (Å²) in [6.07, 6.45) is 2.58. The molecule has 0 spiro atoms. The Kier molecular flexibility index (Phi) is 6.61. The van der Waals surface area contributed by atoms with Gasteiger partial charge < -0.3 is 4.74 Å². The van der Waals surface area contributed by atoms with Crippen molar-refractivity contribution in [2.45, 2.75) is 58.5 Å².